The molecule has 114 valence electrons. The minimum atomic E-state index is 0.561. The Kier molecular flexibility index (Phi) is 4.08. The summed E-state index contributed by atoms with van der Waals surface area (Å²) < 4.78 is 1.81. The lowest BCUT2D eigenvalue weighted by Crippen LogP contribution is -2.25. The maximum atomic E-state index is 4.61. The molecule has 0 spiro atoms. The second-order valence-electron chi connectivity index (χ2n) is 6.65. The maximum Gasteiger partial charge on any atom is 0.178 e. The molecule has 21 heavy (non-hydrogen) atoms. The zero-order chi connectivity index (χ0) is 14.8. The lowest BCUT2D eigenvalue weighted by molar-refractivity contribution is 0.410. The summed E-state index contributed by atoms with van der Waals surface area (Å²) in [7, 11) is 0. The Balaban J connectivity index is 1.70. The highest BCUT2D eigenvalue weighted by Gasteiger charge is 2.27. The van der Waals surface area contributed by atoms with Crippen molar-refractivity contribution in [3.05, 3.63) is 18.0 Å². The van der Waals surface area contributed by atoms with E-state index < -0.39 is 0 Å². The van der Waals surface area contributed by atoms with E-state index in [1.807, 2.05) is 19.1 Å². The lowest BCUT2D eigenvalue weighted by Gasteiger charge is -2.22. The van der Waals surface area contributed by atoms with E-state index in [0.717, 1.165) is 29.1 Å². The molecule has 1 N–H and O–H groups in total. The molecule has 2 heterocycles. The number of fused-ring (bicyclic) bond motifs is 1. The van der Waals surface area contributed by atoms with Crippen molar-refractivity contribution in [3.8, 4) is 0 Å². The van der Waals surface area contributed by atoms with Crippen LogP contribution in [0.4, 0.5) is 5.82 Å². The first kappa shape index (κ1) is 14.3. The first-order valence-corrected chi connectivity index (χ1v) is 8.09. The van der Waals surface area contributed by atoms with Crippen LogP contribution in [0.15, 0.2) is 12.1 Å². The Morgan fingerprint density at radius 3 is 2.95 bits per heavy atom. The molecule has 2 aromatic rings. The molecule has 0 bridgehead atoms. The van der Waals surface area contributed by atoms with E-state index in [1.54, 1.807) is 4.52 Å². The van der Waals surface area contributed by atoms with Crippen molar-refractivity contribution in [1.82, 2.24) is 19.8 Å². The molecule has 2 aromatic heterocycles. The van der Waals surface area contributed by atoms with Crippen LogP contribution in [0, 0.1) is 18.8 Å². The van der Waals surface area contributed by atoms with Gasteiger partial charge in [-0.25, -0.2) is 0 Å². The average molecular weight is 287 g/mol. The van der Waals surface area contributed by atoms with Crippen molar-refractivity contribution in [2.45, 2.75) is 58.9 Å². The molecule has 5 heteroatoms. The fourth-order valence-electron chi connectivity index (χ4n) is 3.28. The first-order chi connectivity index (χ1) is 10.1. The van der Waals surface area contributed by atoms with Crippen molar-refractivity contribution < 1.29 is 0 Å². The average Bonchev–Trinajstić information content (AvgIpc) is 3.04. The van der Waals surface area contributed by atoms with Gasteiger partial charge >= 0.3 is 0 Å². The molecular weight excluding hydrogens is 262 g/mol. The van der Waals surface area contributed by atoms with Crippen LogP contribution in [0.5, 0.6) is 0 Å². The van der Waals surface area contributed by atoms with Crippen molar-refractivity contribution in [1.29, 1.82) is 0 Å². The van der Waals surface area contributed by atoms with Crippen LogP contribution >= 0.6 is 0 Å². The summed E-state index contributed by atoms with van der Waals surface area (Å²) in [6.07, 6.45) is 6.57. The Bertz CT molecular complexity index is 604. The van der Waals surface area contributed by atoms with Crippen molar-refractivity contribution in [3.63, 3.8) is 0 Å². The Hall–Kier alpha value is -1.65. The summed E-state index contributed by atoms with van der Waals surface area (Å²) in [6.45, 7) is 6.54. The summed E-state index contributed by atoms with van der Waals surface area (Å²) in [4.78, 5) is 0. The summed E-state index contributed by atoms with van der Waals surface area (Å²) in [5.41, 5.74) is 0.806. The van der Waals surface area contributed by atoms with E-state index >= 15 is 0 Å². The summed E-state index contributed by atoms with van der Waals surface area (Å²) in [6, 6.07) is 4.56. The van der Waals surface area contributed by atoms with E-state index in [4.69, 9.17) is 0 Å². The van der Waals surface area contributed by atoms with E-state index in [1.165, 1.54) is 32.1 Å². The minimum Gasteiger partial charge on any atom is -0.366 e. The molecule has 1 fully saturated rings. The molecule has 5 nitrogen and oxygen atoms in total. The minimum absolute atomic E-state index is 0.561. The molecule has 0 amide bonds. The highest BCUT2D eigenvalue weighted by atomic mass is 15.4. The molecule has 1 saturated carbocycles. The van der Waals surface area contributed by atoms with Crippen molar-refractivity contribution >= 4 is 11.5 Å². The van der Waals surface area contributed by atoms with Crippen LogP contribution in [0.3, 0.4) is 0 Å². The highest BCUT2D eigenvalue weighted by Crippen LogP contribution is 2.32. The zero-order valence-electron chi connectivity index (χ0n) is 13.2. The van der Waals surface area contributed by atoms with Crippen LogP contribution < -0.4 is 5.32 Å². The Morgan fingerprint density at radius 2 is 2.14 bits per heavy atom. The van der Waals surface area contributed by atoms with Gasteiger partial charge in [-0.3, -0.25) is 0 Å². The molecule has 2 unspecified atom stereocenters. The smallest absolute Gasteiger partial charge is 0.178 e. The van der Waals surface area contributed by atoms with E-state index in [-0.39, 0.29) is 0 Å². The predicted octanol–water partition coefficient (Wildman–Crippen LogP) is 3.45. The quantitative estimate of drug-likeness (QED) is 0.915. The van der Waals surface area contributed by atoms with Crippen LogP contribution in [0.25, 0.3) is 5.65 Å². The van der Waals surface area contributed by atoms with Gasteiger partial charge in [-0.15, -0.1) is 15.3 Å². The van der Waals surface area contributed by atoms with Crippen LogP contribution in [0.2, 0.25) is 0 Å². The number of nitrogens with zero attached hydrogens (tertiary/aromatic N) is 4. The van der Waals surface area contributed by atoms with E-state index in [9.17, 15) is 0 Å². The molecule has 2 atom stereocenters. The standard InChI is InChI=1S/C16H25N5/c1-11(2)7-8-13-5-4-6-14(13)17-15-9-10-16-19-18-12(3)21(16)20-15/h9-11,13-14H,4-8H2,1-3H3,(H,17,20). The van der Waals surface area contributed by atoms with Gasteiger partial charge in [-0.2, -0.15) is 4.52 Å². The van der Waals surface area contributed by atoms with Crippen LogP contribution in [0.1, 0.15) is 51.8 Å². The predicted molar refractivity (Wildman–Crippen MR) is 84.3 cm³/mol. The molecule has 0 aromatic carbocycles. The summed E-state index contributed by atoms with van der Waals surface area (Å²) in [5, 5.41) is 16.4. The van der Waals surface area contributed by atoms with Gasteiger partial charge in [0.25, 0.3) is 0 Å². The molecule has 3 rings (SSSR count). The monoisotopic (exact) mass is 287 g/mol. The summed E-state index contributed by atoms with van der Waals surface area (Å²) >= 11 is 0. The van der Waals surface area contributed by atoms with Gasteiger partial charge in [-0.05, 0) is 50.2 Å². The Morgan fingerprint density at radius 1 is 1.29 bits per heavy atom. The number of hydrogen-bond donors (Lipinski definition) is 1. The topological polar surface area (TPSA) is 55.1 Å². The van der Waals surface area contributed by atoms with E-state index in [2.05, 4.69) is 34.5 Å². The maximum absolute atomic E-state index is 4.61. The molecule has 0 saturated heterocycles. The number of aromatic nitrogens is 4. The number of anilines is 1. The molecule has 1 aliphatic rings. The van der Waals surface area contributed by atoms with E-state index in [0.29, 0.717) is 6.04 Å². The molecule has 1 aliphatic carbocycles. The van der Waals surface area contributed by atoms with Gasteiger partial charge in [0, 0.05) is 6.04 Å². The van der Waals surface area contributed by atoms with Gasteiger partial charge in [0.2, 0.25) is 0 Å². The number of nitrogens with one attached hydrogen (secondary N) is 1. The van der Waals surface area contributed by atoms with Gasteiger partial charge in [0.05, 0.1) is 0 Å². The number of aryl methyl sites for hydroxylation is 1. The third-order valence-corrected chi connectivity index (χ3v) is 4.53. The second-order valence-corrected chi connectivity index (χ2v) is 6.65. The number of hydrogen-bond acceptors (Lipinski definition) is 4. The van der Waals surface area contributed by atoms with Crippen LogP contribution in [-0.4, -0.2) is 25.9 Å². The SMILES string of the molecule is Cc1nnc2ccc(NC3CCCC3CCC(C)C)nn12. The summed E-state index contributed by atoms with van der Waals surface area (Å²) in [5.74, 6) is 3.34. The lowest BCUT2D eigenvalue weighted by atomic mass is 9.94. The van der Waals surface area contributed by atoms with Gasteiger partial charge < -0.3 is 5.32 Å². The van der Waals surface area contributed by atoms with Gasteiger partial charge in [0.1, 0.15) is 5.82 Å². The van der Waals surface area contributed by atoms with Crippen LogP contribution in [-0.2, 0) is 0 Å². The highest BCUT2D eigenvalue weighted by molar-refractivity contribution is 5.44. The third kappa shape index (κ3) is 3.17. The third-order valence-electron chi connectivity index (χ3n) is 4.53. The number of rotatable bonds is 5. The zero-order valence-corrected chi connectivity index (χ0v) is 13.2. The van der Waals surface area contributed by atoms with Gasteiger partial charge in [-0.1, -0.05) is 26.7 Å². The fourth-order valence-corrected chi connectivity index (χ4v) is 3.28. The second kappa shape index (κ2) is 6.00. The molecule has 0 radical (unpaired) electrons. The largest absolute Gasteiger partial charge is 0.366 e. The van der Waals surface area contributed by atoms with Crippen molar-refractivity contribution in [2.75, 3.05) is 5.32 Å². The fraction of sp³-hybridized carbons (Fsp3) is 0.688. The Labute approximate surface area is 126 Å². The van der Waals surface area contributed by atoms with Crippen molar-refractivity contribution in [2.24, 2.45) is 11.8 Å². The van der Waals surface area contributed by atoms with Gasteiger partial charge in [0.15, 0.2) is 11.5 Å². The normalized spacial score (nSPS) is 22.3. The first-order valence-electron chi connectivity index (χ1n) is 8.09. The molecule has 0 aliphatic heterocycles. The molecular formula is C16H25N5.